The molecular weight excluding hydrogens is 455 g/mol. The Balaban J connectivity index is 0.00000364. The van der Waals surface area contributed by atoms with Gasteiger partial charge in [-0.05, 0) is 45.0 Å². The molecule has 1 aromatic carbocycles. The topological polar surface area (TPSA) is 58.1 Å². The van der Waals surface area contributed by atoms with Crippen LogP contribution >= 0.6 is 24.0 Å². The van der Waals surface area contributed by atoms with Crippen molar-refractivity contribution in [2.24, 2.45) is 4.99 Å². The highest BCUT2D eigenvalue weighted by atomic mass is 127. The van der Waals surface area contributed by atoms with E-state index in [0.717, 1.165) is 56.4 Å². The highest BCUT2D eigenvalue weighted by molar-refractivity contribution is 14.0. The van der Waals surface area contributed by atoms with Gasteiger partial charge in [-0.1, -0.05) is 19.1 Å². The highest BCUT2D eigenvalue weighted by Gasteiger charge is 2.17. The first kappa shape index (κ1) is 24.0. The monoisotopic (exact) mass is 490 g/mol. The third kappa shape index (κ3) is 8.66. The van der Waals surface area contributed by atoms with E-state index in [-0.39, 0.29) is 30.1 Å². The van der Waals surface area contributed by atoms with Crippen LogP contribution in [0.4, 0.5) is 0 Å². The number of aliphatic imine (C=N–C) groups is 1. The molecule has 27 heavy (non-hydrogen) atoms. The molecule has 6 nitrogen and oxygen atoms in total. The number of hydrogen-bond acceptors (Lipinski definition) is 4. The van der Waals surface area contributed by atoms with Crippen LogP contribution in [0.25, 0.3) is 0 Å². The maximum Gasteiger partial charge on any atom is 0.191 e. The number of nitrogens with zero attached hydrogens (tertiary/aromatic N) is 2. The molecule has 0 bridgehead atoms. The summed E-state index contributed by atoms with van der Waals surface area (Å²) >= 11 is 0. The predicted molar refractivity (Wildman–Crippen MR) is 122 cm³/mol. The molecule has 0 spiro atoms. The Bertz CT molecular complexity index is 577. The van der Waals surface area contributed by atoms with Crippen LogP contribution in [0.1, 0.15) is 30.9 Å². The minimum Gasteiger partial charge on any atom is -0.491 e. The summed E-state index contributed by atoms with van der Waals surface area (Å²) in [5.74, 6) is 1.73. The third-order valence-electron chi connectivity index (χ3n) is 4.67. The van der Waals surface area contributed by atoms with E-state index in [1.807, 2.05) is 0 Å². The molecule has 1 aromatic rings. The molecule has 0 saturated carbocycles. The van der Waals surface area contributed by atoms with Gasteiger partial charge in [0.2, 0.25) is 0 Å². The molecule has 1 fully saturated rings. The Hall–Kier alpha value is -1.06. The van der Waals surface area contributed by atoms with Crippen molar-refractivity contribution in [3.8, 4) is 5.75 Å². The number of likely N-dealkylation sites (N-methyl/N-ethyl adjacent to an activating group) is 1. The van der Waals surface area contributed by atoms with Gasteiger partial charge < -0.3 is 25.0 Å². The van der Waals surface area contributed by atoms with Crippen LogP contribution < -0.4 is 15.4 Å². The average Bonchev–Trinajstić information content (AvgIpc) is 3.17. The van der Waals surface area contributed by atoms with Gasteiger partial charge in [0, 0.05) is 38.9 Å². The summed E-state index contributed by atoms with van der Waals surface area (Å²) in [5, 5.41) is 6.72. The summed E-state index contributed by atoms with van der Waals surface area (Å²) in [6.45, 7) is 9.27. The maximum absolute atomic E-state index is 6.06. The molecule has 154 valence electrons. The molecule has 1 aliphatic heterocycles. The minimum absolute atomic E-state index is 0. The third-order valence-corrected chi connectivity index (χ3v) is 4.67. The van der Waals surface area contributed by atoms with Gasteiger partial charge in [0.1, 0.15) is 12.4 Å². The summed E-state index contributed by atoms with van der Waals surface area (Å²) in [7, 11) is 3.91. The van der Waals surface area contributed by atoms with E-state index in [4.69, 9.17) is 9.47 Å². The van der Waals surface area contributed by atoms with Crippen molar-refractivity contribution in [2.75, 3.05) is 46.9 Å². The number of halogens is 1. The van der Waals surface area contributed by atoms with Gasteiger partial charge in [-0.2, -0.15) is 0 Å². The van der Waals surface area contributed by atoms with Gasteiger partial charge in [0.15, 0.2) is 5.96 Å². The lowest BCUT2D eigenvalue weighted by Crippen LogP contribution is -2.40. The Morgan fingerprint density at radius 1 is 1.37 bits per heavy atom. The van der Waals surface area contributed by atoms with E-state index in [1.54, 1.807) is 7.05 Å². The van der Waals surface area contributed by atoms with Crippen molar-refractivity contribution < 1.29 is 9.47 Å². The normalized spacial score (nSPS) is 16.9. The van der Waals surface area contributed by atoms with Crippen LogP contribution in [0.5, 0.6) is 5.75 Å². The minimum atomic E-state index is 0. The smallest absolute Gasteiger partial charge is 0.191 e. The molecular formula is C20H35IN4O2. The van der Waals surface area contributed by atoms with Gasteiger partial charge in [0.25, 0.3) is 0 Å². The summed E-state index contributed by atoms with van der Waals surface area (Å²) < 4.78 is 11.7. The number of aryl methyl sites for hydroxylation is 1. The van der Waals surface area contributed by atoms with Crippen molar-refractivity contribution in [1.82, 2.24) is 15.5 Å². The second-order valence-electron chi connectivity index (χ2n) is 6.81. The fourth-order valence-corrected chi connectivity index (χ4v) is 2.82. The lowest BCUT2D eigenvalue weighted by molar-refractivity contribution is 0.0676. The average molecular weight is 490 g/mol. The summed E-state index contributed by atoms with van der Waals surface area (Å²) in [6.07, 6.45) is 2.44. The standard InChI is InChI=1S/C20H34N4O2.HI/c1-5-24(4)11-10-22-20(21-3)23-14-17-9-8-16(2)13-19(17)26-15-18-7-6-12-25-18;/h8-9,13,18H,5-7,10-12,14-15H2,1-4H3,(H2,21,22,23);1H. The molecule has 7 heteroatoms. The number of rotatable bonds is 9. The van der Waals surface area contributed by atoms with E-state index in [1.165, 1.54) is 5.56 Å². The molecule has 0 aromatic heterocycles. The van der Waals surface area contributed by atoms with Gasteiger partial charge in [-0.15, -0.1) is 24.0 Å². The number of benzene rings is 1. The van der Waals surface area contributed by atoms with Crippen LogP contribution in [0.2, 0.25) is 0 Å². The summed E-state index contributed by atoms with van der Waals surface area (Å²) in [6, 6.07) is 6.33. The molecule has 0 aliphatic carbocycles. The maximum atomic E-state index is 6.06. The van der Waals surface area contributed by atoms with Gasteiger partial charge in [-0.3, -0.25) is 4.99 Å². The molecule has 2 N–H and O–H groups in total. The lowest BCUT2D eigenvalue weighted by Gasteiger charge is -2.18. The molecule has 1 aliphatic rings. The van der Waals surface area contributed by atoms with Gasteiger partial charge in [-0.25, -0.2) is 0 Å². The largest absolute Gasteiger partial charge is 0.491 e. The molecule has 1 saturated heterocycles. The Morgan fingerprint density at radius 2 is 2.19 bits per heavy atom. The zero-order valence-corrected chi connectivity index (χ0v) is 19.4. The fraction of sp³-hybridized carbons (Fsp3) is 0.650. The van der Waals surface area contributed by atoms with Crippen molar-refractivity contribution in [1.29, 1.82) is 0 Å². The first-order valence-electron chi connectivity index (χ1n) is 9.59. The molecule has 1 heterocycles. The molecule has 1 atom stereocenters. The predicted octanol–water partition coefficient (Wildman–Crippen LogP) is 2.79. The fourth-order valence-electron chi connectivity index (χ4n) is 2.82. The van der Waals surface area contributed by atoms with E-state index in [9.17, 15) is 0 Å². The van der Waals surface area contributed by atoms with Crippen molar-refractivity contribution in [3.63, 3.8) is 0 Å². The summed E-state index contributed by atoms with van der Waals surface area (Å²) in [5.41, 5.74) is 2.32. The zero-order valence-electron chi connectivity index (χ0n) is 17.1. The highest BCUT2D eigenvalue weighted by Crippen LogP contribution is 2.22. The molecule has 2 rings (SSSR count). The van der Waals surface area contributed by atoms with Crippen LogP contribution in [0, 0.1) is 6.92 Å². The van der Waals surface area contributed by atoms with Crippen LogP contribution in [-0.2, 0) is 11.3 Å². The van der Waals surface area contributed by atoms with Gasteiger partial charge >= 0.3 is 0 Å². The second-order valence-corrected chi connectivity index (χ2v) is 6.81. The van der Waals surface area contributed by atoms with E-state index < -0.39 is 0 Å². The quantitative estimate of drug-likeness (QED) is 0.317. The molecule has 1 unspecified atom stereocenters. The molecule has 0 radical (unpaired) electrons. The Kier molecular flexibility index (Phi) is 11.7. The Labute approximate surface area is 181 Å². The van der Waals surface area contributed by atoms with Gasteiger partial charge in [0.05, 0.1) is 6.10 Å². The van der Waals surface area contributed by atoms with Crippen LogP contribution in [-0.4, -0.2) is 63.9 Å². The van der Waals surface area contributed by atoms with E-state index in [2.05, 4.69) is 59.6 Å². The number of guanidine groups is 1. The number of ether oxygens (including phenoxy) is 2. The van der Waals surface area contributed by atoms with E-state index in [0.29, 0.717) is 13.2 Å². The van der Waals surface area contributed by atoms with Crippen LogP contribution in [0.15, 0.2) is 23.2 Å². The Morgan fingerprint density at radius 3 is 2.85 bits per heavy atom. The van der Waals surface area contributed by atoms with E-state index >= 15 is 0 Å². The number of nitrogens with one attached hydrogen (secondary N) is 2. The number of hydrogen-bond donors (Lipinski definition) is 2. The zero-order chi connectivity index (χ0) is 18.8. The summed E-state index contributed by atoms with van der Waals surface area (Å²) in [4.78, 5) is 6.56. The SMILES string of the molecule is CCN(C)CCNC(=NC)NCc1ccc(C)cc1OCC1CCCO1.I. The van der Waals surface area contributed by atoms with Crippen molar-refractivity contribution >= 4 is 29.9 Å². The lowest BCUT2D eigenvalue weighted by atomic mass is 10.1. The van der Waals surface area contributed by atoms with Crippen molar-refractivity contribution in [3.05, 3.63) is 29.3 Å². The van der Waals surface area contributed by atoms with Crippen molar-refractivity contribution in [2.45, 2.75) is 39.3 Å². The van der Waals surface area contributed by atoms with Crippen LogP contribution in [0.3, 0.4) is 0 Å². The first-order chi connectivity index (χ1) is 12.6. The molecule has 0 amide bonds. The first-order valence-corrected chi connectivity index (χ1v) is 9.59. The second kappa shape index (κ2) is 13.2.